The first-order chi connectivity index (χ1) is 19.4. The second-order valence-corrected chi connectivity index (χ2v) is 11.5. The average molecular weight is 651 g/mol. The van der Waals surface area contributed by atoms with Crippen molar-refractivity contribution >= 4 is 39.5 Å². The molecule has 0 radical (unpaired) electrons. The zero-order chi connectivity index (χ0) is 29.9. The molecule has 0 aliphatic carbocycles. The number of carbonyl (C=O) groups is 1. The number of aromatic nitrogens is 2. The quantitative estimate of drug-likeness (QED) is 0.263. The van der Waals surface area contributed by atoms with E-state index in [1.54, 1.807) is 30.8 Å². The highest BCUT2D eigenvalue weighted by Crippen LogP contribution is 2.47. The maximum atomic E-state index is 13.7. The number of ether oxygens (including phenoxy) is 1. The Morgan fingerprint density at radius 3 is 2.73 bits per heavy atom. The van der Waals surface area contributed by atoms with Crippen LogP contribution in [0.2, 0.25) is 0 Å². The van der Waals surface area contributed by atoms with Crippen molar-refractivity contribution in [1.29, 1.82) is 5.26 Å². The summed E-state index contributed by atoms with van der Waals surface area (Å²) >= 11 is 5.01. The number of nitrogens with zero attached hydrogens (tertiary/aromatic N) is 4. The van der Waals surface area contributed by atoms with Crippen LogP contribution < -0.4 is 15.4 Å². The molecule has 8 nitrogen and oxygen atoms in total. The lowest BCUT2D eigenvalue weighted by atomic mass is 9.80. The van der Waals surface area contributed by atoms with Gasteiger partial charge in [-0.05, 0) is 66.6 Å². The Bertz CT molecular complexity index is 1500. The first-order valence-electron chi connectivity index (χ1n) is 12.6. The molecule has 3 aromatic rings. The number of alkyl halides is 3. The molecule has 2 heterocycles. The summed E-state index contributed by atoms with van der Waals surface area (Å²) in [6.45, 7) is 2.10. The molecule has 1 aromatic heterocycles. The van der Waals surface area contributed by atoms with Gasteiger partial charge in [0.25, 0.3) is 0 Å². The van der Waals surface area contributed by atoms with Crippen molar-refractivity contribution in [1.82, 2.24) is 9.97 Å². The SMILES string of the molecule is CC[C@]1(N)C[C@H](c2ncc(OCCSC)c(Cc3cc(Br)cc(C#N)c3)n2)c2cc(C(F)(F)F)ccc2N1C(=O)O. The van der Waals surface area contributed by atoms with Crippen molar-refractivity contribution in [3.05, 3.63) is 80.8 Å². The molecule has 1 amide bonds. The molecule has 3 N–H and O–H groups in total. The van der Waals surface area contributed by atoms with E-state index < -0.39 is 29.4 Å². The second-order valence-electron chi connectivity index (χ2n) is 9.62. The third-order valence-electron chi connectivity index (χ3n) is 6.94. The first-order valence-corrected chi connectivity index (χ1v) is 14.8. The number of benzene rings is 2. The maximum absolute atomic E-state index is 13.7. The Balaban J connectivity index is 1.87. The van der Waals surface area contributed by atoms with Crippen LogP contribution in [0.4, 0.5) is 23.7 Å². The van der Waals surface area contributed by atoms with E-state index in [0.717, 1.165) is 28.7 Å². The highest BCUT2D eigenvalue weighted by Gasteiger charge is 2.46. The van der Waals surface area contributed by atoms with Crippen LogP contribution in [0.25, 0.3) is 0 Å². The third-order valence-corrected chi connectivity index (χ3v) is 7.97. The third kappa shape index (κ3) is 6.60. The highest BCUT2D eigenvalue weighted by molar-refractivity contribution is 9.10. The van der Waals surface area contributed by atoms with Crippen LogP contribution in [-0.4, -0.2) is 45.4 Å². The van der Waals surface area contributed by atoms with Gasteiger partial charge in [0.2, 0.25) is 0 Å². The summed E-state index contributed by atoms with van der Waals surface area (Å²) < 4.78 is 47.8. The van der Waals surface area contributed by atoms with E-state index in [1.165, 1.54) is 6.20 Å². The van der Waals surface area contributed by atoms with Crippen LogP contribution in [0.1, 0.15) is 59.5 Å². The summed E-state index contributed by atoms with van der Waals surface area (Å²) in [5, 5.41) is 19.4. The van der Waals surface area contributed by atoms with Gasteiger partial charge in [-0.3, -0.25) is 4.90 Å². The van der Waals surface area contributed by atoms with Crippen molar-refractivity contribution in [2.75, 3.05) is 23.5 Å². The number of hydrogen-bond donors (Lipinski definition) is 2. The molecule has 41 heavy (non-hydrogen) atoms. The number of fused-ring (bicyclic) bond motifs is 1. The lowest BCUT2D eigenvalue weighted by molar-refractivity contribution is -0.137. The van der Waals surface area contributed by atoms with Crippen LogP contribution in [0.5, 0.6) is 5.75 Å². The number of nitrogens with two attached hydrogens (primary N) is 1. The Labute approximate surface area is 247 Å². The lowest BCUT2D eigenvalue weighted by Crippen LogP contribution is -2.61. The van der Waals surface area contributed by atoms with Gasteiger partial charge in [-0.2, -0.15) is 30.2 Å². The normalized spacial score (nSPS) is 18.5. The largest absolute Gasteiger partial charge is 0.489 e. The van der Waals surface area contributed by atoms with Gasteiger partial charge in [-0.1, -0.05) is 22.9 Å². The molecule has 0 unspecified atom stereocenters. The van der Waals surface area contributed by atoms with Crippen molar-refractivity contribution in [3.8, 4) is 11.8 Å². The number of hydrogen-bond acceptors (Lipinski definition) is 7. The predicted molar refractivity (Wildman–Crippen MR) is 153 cm³/mol. The minimum Gasteiger partial charge on any atom is -0.489 e. The molecule has 216 valence electrons. The van der Waals surface area contributed by atoms with Crippen molar-refractivity contribution < 1.29 is 27.8 Å². The lowest BCUT2D eigenvalue weighted by Gasteiger charge is -2.46. The molecular weight excluding hydrogens is 623 g/mol. The van der Waals surface area contributed by atoms with Gasteiger partial charge in [0.05, 0.1) is 41.4 Å². The van der Waals surface area contributed by atoms with E-state index in [4.69, 9.17) is 15.5 Å². The molecule has 0 saturated heterocycles. The van der Waals surface area contributed by atoms with Crippen LogP contribution in [0.3, 0.4) is 0 Å². The number of carboxylic acid groups (broad SMARTS) is 1. The molecule has 0 spiro atoms. The monoisotopic (exact) mass is 649 g/mol. The average Bonchev–Trinajstić information content (AvgIpc) is 2.92. The number of amides is 1. The molecule has 0 bridgehead atoms. The minimum atomic E-state index is -4.64. The van der Waals surface area contributed by atoms with Crippen LogP contribution in [-0.2, 0) is 12.6 Å². The Morgan fingerprint density at radius 2 is 2.10 bits per heavy atom. The number of rotatable bonds is 8. The molecular formula is C28H27BrF3N5O3S. The van der Waals surface area contributed by atoms with Gasteiger partial charge in [0.1, 0.15) is 11.5 Å². The van der Waals surface area contributed by atoms with Gasteiger partial charge in [0, 0.05) is 22.6 Å². The van der Waals surface area contributed by atoms with Gasteiger partial charge in [0.15, 0.2) is 5.75 Å². The van der Waals surface area contributed by atoms with Crippen LogP contribution >= 0.6 is 27.7 Å². The second kappa shape index (κ2) is 12.3. The standard InChI is InChI=1S/C28H27BrF3N5O3S/c1-3-27(34)13-21(20-12-18(28(30,31)32)4-5-23(20)37(27)26(38)39)25-35-15-24(40-6-7-41-2)22(36-25)11-16-8-17(14-33)10-19(29)9-16/h4-5,8-10,12,15,21H,3,6-7,11,13,34H2,1-2H3,(H,38,39)/t21-,27+/m0/s1. The summed E-state index contributed by atoms with van der Waals surface area (Å²) in [6, 6.07) is 10.3. The van der Waals surface area contributed by atoms with E-state index >= 15 is 0 Å². The smallest absolute Gasteiger partial charge is 0.416 e. The van der Waals surface area contributed by atoms with Gasteiger partial charge >= 0.3 is 12.3 Å². The van der Waals surface area contributed by atoms with Crippen LogP contribution in [0, 0.1) is 11.3 Å². The Kier molecular flexibility index (Phi) is 9.16. The van der Waals surface area contributed by atoms with E-state index in [2.05, 4.69) is 27.0 Å². The van der Waals surface area contributed by atoms with Gasteiger partial charge in [-0.15, -0.1) is 0 Å². The predicted octanol–water partition coefficient (Wildman–Crippen LogP) is 6.55. The molecule has 0 fully saturated rings. The molecule has 1 aliphatic heterocycles. The summed E-state index contributed by atoms with van der Waals surface area (Å²) in [5.74, 6) is 0.484. The van der Waals surface area contributed by atoms with E-state index in [1.807, 2.05) is 12.3 Å². The summed E-state index contributed by atoms with van der Waals surface area (Å²) in [5.41, 5.74) is 6.13. The van der Waals surface area contributed by atoms with Crippen molar-refractivity contribution in [3.63, 3.8) is 0 Å². The Morgan fingerprint density at radius 1 is 1.34 bits per heavy atom. The molecule has 1 aliphatic rings. The van der Waals surface area contributed by atoms with E-state index in [9.17, 15) is 28.3 Å². The summed E-state index contributed by atoms with van der Waals surface area (Å²) in [6.07, 6.45) is -2.16. The van der Waals surface area contributed by atoms with Crippen molar-refractivity contribution in [2.24, 2.45) is 5.73 Å². The van der Waals surface area contributed by atoms with Gasteiger partial charge in [-0.25, -0.2) is 14.8 Å². The molecule has 2 aromatic carbocycles. The molecule has 0 saturated carbocycles. The number of halogens is 4. The van der Waals surface area contributed by atoms with Crippen molar-refractivity contribution in [2.45, 2.75) is 43.9 Å². The minimum absolute atomic E-state index is 0.0360. The summed E-state index contributed by atoms with van der Waals surface area (Å²) in [7, 11) is 0. The van der Waals surface area contributed by atoms with E-state index in [0.29, 0.717) is 33.8 Å². The first kappa shape index (κ1) is 30.6. The van der Waals surface area contributed by atoms with E-state index in [-0.39, 0.29) is 36.3 Å². The highest BCUT2D eigenvalue weighted by atomic mass is 79.9. The fourth-order valence-corrected chi connectivity index (χ4v) is 5.71. The fraction of sp³-hybridized carbons (Fsp3) is 0.357. The number of thioether (sulfide) groups is 1. The number of anilines is 1. The zero-order valence-electron chi connectivity index (χ0n) is 22.2. The molecule has 4 rings (SSSR count). The summed E-state index contributed by atoms with van der Waals surface area (Å²) in [4.78, 5) is 22.5. The topological polar surface area (TPSA) is 125 Å². The zero-order valence-corrected chi connectivity index (χ0v) is 24.6. The molecule has 2 atom stereocenters. The molecule has 13 heteroatoms. The van der Waals surface area contributed by atoms with Crippen LogP contribution in [0.15, 0.2) is 47.1 Å². The maximum Gasteiger partial charge on any atom is 0.416 e. The fourth-order valence-electron chi connectivity index (χ4n) is 4.92. The number of nitriles is 1. The van der Waals surface area contributed by atoms with Gasteiger partial charge < -0.3 is 15.6 Å². The Hall–Kier alpha value is -3.34.